The van der Waals surface area contributed by atoms with Crippen LogP contribution in [0.3, 0.4) is 0 Å². The summed E-state index contributed by atoms with van der Waals surface area (Å²) < 4.78 is 5.94. The van der Waals surface area contributed by atoms with Crippen LogP contribution < -0.4 is 0 Å². The molecule has 0 saturated carbocycles. The number of quaternary nitrogens is 1. The first kappa shape index (κ1) is 12.4. The summed E-state index contributed by atoms with van der Waals surface area (Å²) in [7, 11) is 0. The van der Waals surface area contributed by atoms with E-state index in [2.05, 4.69) is 0 Å². The molecule has 2 N–H and O–H groups in total. The van der Waals surface area contributed by atoms with Crippen molar-refractivity contribution in [2.75, 3.05) is 39.4 Å². The number of ether oxygens (including phenoxy) is 1. The Morgan fingerprint density at radius 2 is 2.07 bits per heavy atom. The normalized spacial score (nSPS) is 22.3. The van der Waals surface area contributed by atoms with Gasteiger partial charge in [-0.15, -0.1) is 0 Å². The lowest BCUT2D eigenvalue weighted by Gasteiger charge is -2.41. The molecule has 1 aliphatic rings. The van der Waals surface area contributed by atoms with Gasteiger partial charge in [-0.05, 0) is 6.92 Å². The molecular weight excluding hydrogens is 198 g/mol. The quantitative estimate of drug-likeness (QED) is 0.621. The number of carboxylic acid groups (broad SMARTS) is 1. The van der Waals surface area contributed by atoms with E-state index in [4.69, 9.17) is 9.84 Å². The molecule has 0 amide bonds. The summed E-state index contributed by atoms with van der Waals surface area (Å²) in [5.74, 6) is -0.774. The van der Waals surface area contributed by atoms with Gasteiger partial charge in [-0.1, -0.05) is 0 Å². The zero-order valence-corrected chi connectivity index (χ0v) is 9.19. The van der Waals surface area contributed by atoms with E-state index in [0.717, 1.165) is 13.1 Å². The average Bonchev–Trinajstić information content (AvgIpc) is 2.15. The zero-order valence-electron chi connectivity index (χ0n) is 9.19. The molecule has 0 radical (unpaired) electrons. The molecule has 1 heterocycles. The molecule has 0 aromatic heterocycles. The fourth-order valence-electron chi connectivity index (χ4n) is 2.12. The zero-order chi connectivity index (χ0) is 11.3. The van der Waals surface area contributed by atoms with Crippen LogP contribution >= 0.6 is 0 Å². The molecule has 0 spiro atoms. The number of morpholine rings is 1. The van der Waals surface area contributed by atoms with Gasteiger partial charge >= 0.3 is 5.97 Å². The highest BCUT2D eigenvalue weighted by Crippen LogP contribution is 2.13. The number of nitrogens with zero attached hydrogens (tertiary/aromatic N) is 1. The van der Waals surface area contributed by atoms with Crippen LogP contribution in [0.5, 0.6) is 0 Å². The first-order chi connectivity index (χ1) is 7.04. The predicted octanol–water partition coefficient (Wildman–Crippen LogP) is -0.311. The lowest BCUT2D eigenvalue weighted by atomic mass is 10.2. The fraction of sp³-hybridized carbons (Fsp3) is 0.900. The van der Waals surface area contributed by atoms with Crippen LogP contribution in [0.1, 0.15) is 13.3 Å². The number of carbonyl (C=O) groups is 1. The first-order valence-corrected chi connectivity index (χ1v) is 5.37. The summed E-state index contributed by atoms with van der Waals surface area (Å²) in [5, 5.41) is 18.1. The van der Waals surface area contributed by atoms with Crippen LogP contribution in [0.2, 0.25) is 0 Å². The van der Waals surface area contributed by atoms with Crippen molar-refractivity contribution in [2.24, 2.45) is 0 Å². The Morgan fingerprint density at radius 1 is 1.47 bits per heavy atom. The molecule has 5 heteroatoms. The number of aliphatic hydroxyl groups excluding tert-OH is 1. The third-order valence-electron chi connectivity index (χ3n) is 2.87. The van der Waals surface area contributed by atoms with E-state index in [9.17, 15) is 9.90 Å². The summed E-state index contributed by atoms with van der Waals surface area (Å²) >= 11 is 0. The molecule has 1 saturated heterocycles. The monoisotopic (exact) mass is 218 g/mol. The number of rotatable bonds is 5. The highest BCUT2D eigenvalue weighted by Gasteiger charge is 2.32. The van der Waals surface area contributed by atoms with Crippen molar-refractivity contribution in [3.8, 4) is 0 Å². The van der Waals surface area contributed by atoms with Gasteiger partial charge in [-0.2, -0.15) is 0 Å². The standard InChI is InChI=1S/C10H19NO4/c1-9(12)8-11(3-2-10(13)14)4-6-15-7-5-11/h9,12H,2-8H2,1H3/p+1. The third-order valence-corrected chi connectivity index (χ3v) is 2.87. The van der Waals surface area contributed by atoms with Crippen LogP contribution in [0.25, 0.3) is 0 Å². The van der Waals surface area contributed by atoms with Gasteiger partial charge in [0.05, 0.1) is 26.2 Å². The smallest absolute Gasteiger partial charge is 0.309 e. The van der Waals surface area contributed by atoms with Crippen molar-refractivity contribution in [1.29, 1.82) is 0 Å². The van der Waals surface area contributed by atoms with Crippen molar-refractivity contribution >= 4 is 5.97 Å². The SMILES string of the molecule is CC(O)C[N+]1(CCC(=O)O)CCOCC1. The van der Waals surface area contributed by atoms with Gasteiger partial charge in [0, 0.05) is 0 Å². The molecule has 15 heavy (non-hydrogen) atoms. The highest BCUT2D eigenvalue weighted by atomic mass is 16.5. The second-order valence-corrected chi connectivity index (χ2v) is 4.30. The molecule has 0 aromatic carbocycles. The topological polar surface area (TPSA) is 66.8 Å². The molecule has 1 fully saturated rings. The molecule has 88 valence electrons. The fourth-order valence-corrected chi connectivity index (χ4v) is 2.12. The minimum Gasteiger partial charge on any atom is -0.481 e. The Labute approximate surface area is 89.9 Å². The van der Waals surface area contributed by atoms with Gasteiger partial charge in [0.2, 0.25) is 0 Å². The molecule has 1 atom stereocenters. The molecule has 1 rings (SSSR count). The number of hydrogen-bond donors (Lipinski definition) is 2. The van der Waals surface area contributed by atoms with Gasteiger partial charge in [0.1, 0.15) is 25.7 Å². The number of carboxylic acids is 1. The molecule has 1 unspecified atom stereocenters. The van der Waals surface area contributed by atoms with Crippen LogP contribution in [0.15, 0.2) is 0 Å². The van der Waals surface area contributed by atoms with Crippen LogP contribution in [-0.4, -0.2) is 66.2 Å². The maximum Gasteiger partial charge on any atom is 0.309 e. The third kappa shape index (κ3) is 4.15. The largest absolute Gasteiger partial charge is 0.481 e. The van der Waals surface area contributed by atoms with Crippen molar-refractivity contribution in [2.45, 2.75) is 19.4 Å². The molecular formula is C10H20NO4+. The molecule has 0 aliphatic carbocycles. The van der Waals surface area contributed by atoms with E-state index in [0.29, 0.717) is 30.8 Å². The predicted molar refractivity (Wildman–Crippen MR) is 54.5 cm³/mol. The maximum atomic E-state index is 10.6. The van der Waals surface area contributed by atoms with Crippen LogP contribution in [0, 0.1) is 0 Å². The maximum absolute atomic E-state index is 10.6. The van der Waals surface area contributed by atoms with Crippen LogP contribution in [0.4, 0.5) is 0 Å². The van der Waals surface area contributed by atoms with Gasteiger partial charge in [-0.25, -0.2) is 0 Å². The lowest BCUT2D eigenvalue weighted by Crippen LogP contribution is -2.58. The van der Waals surface area contributed by atoms with Gasteiger partial charge in [0.25, 0.3) is 0 Å². The van der Waals surface area contributed by atoms with Crippen LogP contribution in [-0.2, 0) is 9.53 Å². The van der Waals surface area contributed by atoms with Crippen molar-refractivity contribution in [3.05, 3.63) is 0 Å². The number of aliphatic hydroxyl groups is 1. The summed E-state index contributed by atoms with van der Waals surface area (Å²) in [5.41, 5.74) is 0. The van der Waals surface area contributed by atoms with E-state index >= 15 is 0 Å². The summed E-state index contributed by atoms with van der Waals surface area (Å²) in [6, 6.07) is 0. The Bertz CT molecular complexity index is 211. The Kier molecular flexibility index (Phi) is 4.50. The Balaban J connectivity index is 2.53. The number of hydrogen-bond acceptors (Lipinski definition) is 3. The molecule has 0 aromatic rings. The molecule has 5 nitrogen and oxygen atoms in total. The molecule has 0 bridgehead atoms. The van der Waals surface area contributed by atoms with E-state index < -0.39 is 12.1 Å². The minimum atomic E-state index is -0.774. The minimum absolute atomic E-state index is 0.159. The van der Waals surface area contributed by atoms with Crippen molar-refractivity contribution < 1.29 is 24.2 Å². The Morgan fingerprint density at radius 3 is 2.53 bits per heavy atom. The van der Waals surface area contributed by atoms with Gasteiger partial charge in [0.15, 0.2) is 0 Å². The van der Waals surface area contributed by atoms with E-state index in [-0.39, 0.29) is 6.42 Å². The molecule has 1 aliphatic heterocycles. The Hall–Kier alpha value is -0.650. The highest BCUT2D eigenvalue weighted by molar-refractivity contribution is 5.66. The van der Waals surface area contributed by atoms with Crippen molar-refractivity contribution in [3.63, 3.8) is 0 Å². The average molecular weight is 218 g/mol. The van der Waals surface area contributed by atoms with Gasteiger partial charge < -0.3 is 19.4 Å². The van der Waals surface area contributed by atoms with E-state index in [1.165, 1.54) is 0 Å². The summed E-state index contributed by atoms with van der Waals surface area (Å²) in [6.07, 6.45) is -0.232. The summed E-state index contributed by atoms with van der Waals surface area (Å²) in [6.45, 7) is 5.88. The first-order valence-electron chi connectivity index (χ1n) is 5.37. The van der Waals surface area contributed by atoms with E-state index in [1.807, 2.05) is 0 Å². The van der Waals surface area contributed by atoms with Crippen molar-refractivity contribution in [1.82, 2.24) is 0 Å². The van der Waals surface area contributed by atoms with E-state index in [1.54, 1.807) is 6.92 Å². The second-order valence-electron chi connectivity index (χ2n) is 4.30. The second kappa shape index (κ2) is 5.44. The number of aliphatic carboxylic acids is 1. The van der Waals surface area contributed by atoms with Gasteiger partial charge in [-0.3, -0.25) is 4.79 Å². The lowest BCUT2D eigenvalue weighted by molar-refractivity contribution is -0.937. The summed E-state index contributed by atoms with van der Waals surface area (Å²) in [4.78, 5) is 10.6.